The second-order valence-corrected chi connectivity index (χ2v) is 8.56. The fraction of sp³-hybridized carbons (Fsp3) is 0.440. The molecule has 2 nitrogen and oxygen atoms in total. The number of rotatable bonds is 5. The van der Waals surface area contributed by atoms with E-state index in [0.717, 1.165) is 37.8 Å². The van der Waals surface area contributed by atoms with Gasteiger partial charge in [0, 0.05) is 5.56 Å². The zero-order valence-corrected chi connectivity index (χ0v) is 17.5. The fourth-order valence-corrected chi connectivity index (χ4v) is 4.44. The SMILES string of the molecule is CC1CCC(c2cc(Cc3cc(F)c(F)c(/C=C/C4OCCO4)c3)cc(F)c2F)CC1. The maximum absolute atomic E-state index is 14.5. The molecule has 2 aliphatic rings. The highest BCUT2D eigenvalue weighted by molar-refractivity contribution is 5.52. The number of hydrogen-bond donors (Lipinski definition) is 0. The summed E-state index contributed by atoms with van der Waals surface area (Å²) in [5.74, 6) is -3.07. The standard InChI is InChI=1S/C25H26F4O2/c1-15-2-4-18(5-3-15)20-12-17(14-22(27)25(20)29)10-16-11-19(24(28)21(26)13-16)6-7-23-30-8-9-31-23/h6-7,11-15,18,23H,2-5,8-10H2,1H3/b7-6+. The van der Waals surface area contributed by atoms with Crippen molar-refractivity contribution in [1.29, 1.82) is 0 Å². The van der Waals surface area contributed by atoms with Gasteiger partial charge >= 0.3 is 0 Å². The van der Waals surface area contributed by atoms with Gasteiger partial charge < -0.3 is 9.47 Å². The summed E-state index contributed by atoms with van der Waals surface area (Å²) in [6, 6.07) is 5.42. The lowest BCUT2D eigenvalue weighted by atomic mass is 9.79. The molecule has 4 rings (SSSR count). The Bertz CT molecular complexity index is 958. The molecule has 1 saturated heterocycles. The first-order valence-electron chi connectivity index (χ1n) is 10.8. The molecule has 166 valence electrons. The number of halogens is 4. The Hall–Kier alpha value is -2.18. The molecule has 2 aromatic rings. The van der Waals surface area contributed by atoms with E-state index in [-0.39, 0.29) is 17.9 Å². The first-order valence-corrected chi connectivity index (χ1v) is 10.8. The molecule has 31 heavy (non-hydrogen) atoms. The number of benzene rings is 2. The molecule has 1 heterocycles. The van der Waals surface area contributed by atoms with Gasteiger partial charge in [0.2, 0.25) is 0 Å². The van der Waals surface area contributed by atoms with E-state index in [0.29, 0.717) is 35.8 Å². The average Bonchev–Trinajstić information content (AvgIpc) is 3.26. The Balaban J connectivity index is 1.58. The molecule has 1 aliphatic carbocycles. The van der Waals surface area contributed by atoms with E-state index < -0.39 is 29.6 Å². The number of ether oxygens (including phenoxy) is 2. The van der Waals surface area contributed by atoms with Gasteiger partial charge in [0.1, 0.15) is 0 Å². The van der Waals surface area contributed by atoms with Gasteiger partial charge in [-0.15, -0.1) is 0 Å². The van der Waals surface area contributed by atoms with Gasteiger partial charge in [0.15, 0.2) is 29.6 Å². The smallest absolute Gasteiger partial charge is 0.177 e. The van der Waals surface area contributed by atoms with Crippen LogP contribution in [0.2, 0.25) is 0 Å². The van der Waals surface area contributed by atoms with Gasteiger partial charge in [-0.25, -0.2) is 17.6 Å². The van der Waals surface area contributed by atoms with Crippen molar-refractivity contribution in [2.45, 2.75) is 51.2 Å². The Morgan fingerprint density at radius 2 is 1.45 bits per heavy atom. The molecule has 6 heteroatoms. The molecule has 1 aliphatic heterocycles. The summed E-state index contributed by atoms with van der Waals surface area (Å²) in [6.45, 7) is 3.07. The third kappa shape index (κ3) is 5.18. The van der Waals surface area contributed by atoms with Gasteiger partial charge in [-0.3, -0.25) is 0 Å². The van der Waals surface area contributed by atoms with Crippen LogP contribution in [0.1, 0.15) is 60.8 Å². The predicted molar refractivity (Wildman–Crippen MR) is 111 cm³/mol. The lowest BCUT2D eigenvalue weighted by molar-refractivity contribution is -0.000916. The lowest BCUT2D eigenvalue weighted by Gasteiger charge is -2.27. The molecule has 1 saturated carbocycles. The summed E-state index contributed by atoms with van der Waals surface area (Å²) < 4.78 is 67.8. The predicted octanol–water partition coefficient (Wildman–Crippen LogP) is 6.51. The van der Waals surface area contributed by atoms with Crippen LogP contribution in [0.25, 0.3) is 6.08 Å². The maximum atomic E-state index is 14.5. The van der Waals surface area contributed by atoms with Gasteiger partial charge in [0.25, 0.3) is 0 Å². The summed E-state index contributed by atoms with van der Waals surface area (Å²) in [5.41, 5.74) is 1.45. The molecular weight excluding hydrogens is 408 g/mol. The summed E-state index contributed by atoms with van der Waals surface area (Å²) in [6.07, 6.45) is 6.15. The van der Waals surface area contributed by atoms with E-state index in [4.69, 9.17) is 9.47 Å². The van der Waals surface area contributed by atoms with Crippen molar-refractivity contribution < 1.29 is 27.0 Å². The van der Waals surface area contributed by atoms with Gasteiger partial charge in [-0.2, -0.15) is 0 Å². The molecule has 2 aromatic carbocycles. The van der Waals surface area contributed by atoms with Crippen LogP contribution >= 0.6 is 0 Å². The van der Waals surface area contributed by atoms with Crippen LogP contribution in [-0.4, -0.2) is 19.5 Å². The molecule has 0 atom stereocenters. The zero-order chi connectivity index (χ0) is 22.0. The van der Waals surface area contributed by atoms with Gasteiger partial charge in [-0.05, 0) is 72.1 Å². The van der Waals surface area contributed by atoms with E-state index in [1.807, 2.05) is 0 Å². The van der Waals surface area contributed by atoms with Crippen LogP contribution < -0.4 is 0 Å². The van der Waals surface area contributed by atoms with E-state index in [9.17, 15) is 17.6 Å². The van der Waals surface area contributed by atoms with Crippen LogP contribution in [0, 0.1) is 29.2 Å². The second kappa shape index (κ2) is 9.53. The second-order valence-electron chi connectivity index (χ2n) is 8.56. The van der Waals surface area contributed by atoms with Crippen LogP contribution in [0.4, 0.5) is 17.6 Å². The highest BCUT2D eigenvalue weighted by Crippen LogP contribution is 2.37. The van der Waals surface area contributed by atoms with Crippen molar-refractivity contribution in [3.05, 3.63) is 75.9 Å². The Morgan fingerprint density at radius 1 is 0.839 bits per heavy atom. The van der Waals surface area contributed by atoms with Gasteiger partial charge in [0.05, 0.1) is 13.2 Å². The third-order valence-corrected chi connectivity index (χ3v) is 6.18. The summed E-state index contributed by atoms with van der Waals surface area (Å²) >= 11 is 0. The van der Waals surface area contributed by atoms with E-state index in [1.54, 1.807) is 6.07 Å². The summed E-state index contributed by atoms with van der Waals surface area (Å²) in [5, 5.41) is 0. The molecular formula is C25H26F4O2. The largest absolute Gasteiger partial charge is 0.347 e. The first-order chi connectivity index (χ1) is 14.9. The van der Waals surface area contributed by atoms with E-state index in [2.05, 4.69) is 6.92 Å². The molecule has 0 spiro atoms. The van der Waals surface area contributed by atoms with Crippen LogP contribution in [0.3, 0.4) is 0 Å². The molecule has 0 amide bonds. The maximum Gasteiger partial charge on any atom is 0.177 e. The van der Waals surface area contributed by atoms with Crippen molar-refractivity contribution >= 4 is 6.08 Å². The van der Waals surface area contributed by atoms with Crippen molar-refractivity contribution in [2.75, 3.05) is 13.2 Å². The Morgan fingerprint density at radius 3 is 2.13 bits per heavy atom. The Labute approximate surface area is 179 Å². The lowest BCUT2D eigenvalue weighted by Crippen LogP contribution is -2.13. The monoisotopic (exact) mass is 434 g/mol. The first kappa shape index (κ1) is 22.0. The van der Waals surface area contributed by atoms with Crippen molar-refractivity contribution in [3.63, 3.8) is 0 Å². The van der Waals surface area contributed by atoms with Crippen LogP contribution in [0.5, 0.6) is 0 Å². The quantitative estimate of drug-likeness (QED) is 0.499. The Kier molecular flexibility index (Phi) is 6.77. The highest BCUT2D eigenvalue weighted by Gasteiger charge is 2.24. The molecule has 2 fully saturated rings. The van der Waals surface area contributed by atoms with Crippen molar-refractivity contribution in [2.24, 2.45) is 5.92 Å². The summed E-state index contributed by atoms with van der Waals surface area (Å²) in [7, 11) is 0. The minimum absolute atomic E-state index is 0.0134. The van der Waals surface area contributed by atoms with Gasteiger partial charge in [-0.1, -0.05) is 31.9 Å². The zero-order valence-electron chi connectivity index (χ0n) is 17.5. The normalized spacial score (nSPS) is 22.5. The van der Waals surface area contributed by atoms with Crippen LogP contribution in [-0.2, 0) is 15.9 Å². The van der Waals surface area contributed by atoms with E-state index in [1.165, 1.54) is 18.2 Å². The molecule has 0 aromatic heterocycles. The van der Waals surface area contributed by atoms with Crippen molar-refractivity contribution in [3.8, 4) is 0 Å². The molecule has 0 N–H and O–H groups in total. The molecule has 0 unspecified atom stereocenters. The third-order valence-electron chi connectivity index (χ3n) is 6.18. The van der Waals surface area contributed by atoms with Crippen molar-refractivity contribution in [1.82, 2.24) is 0 Å². The molecule has 0 bridgehead atoms. The summed E-state index contributed by atoms with van der Waals surface area (Å²) in [4.78, 5) is 0. The highest BCUT2D eigenvalue weighted by atomic mass is 19.2. The van der Waals surface area contributed by atoms with E-state index >= 15 is 0 Å². The molecule has 0 radical (unpaired) electrons. The van der Waals surface area contributed by atoms with Crippen LogP contribution in [0.15, 0.2) is 30.3 Å². The fourth-order valence-electron chi connectivity index (χ4n) is 4.44. The average molecular weight is 434 g/mol. The minimum Gasteiger partial charge on any atom is -0.347 e. The number of hydrogen-bond acceptors (Lipinski definition) is 2. The minimum atomic E-state index is -0.991. The topological polar surface area (TPSA) is 18.5 Å².